The maximum atomic E-state index is 12.1. The number of benzene rings is 1. The summed E-state index contributed by atoms with van der Waals surface area (Å²) in [7, 11) is 0. The second-order valence-corrected chi connectivity index (χ2v) is 8.34. The molecule has 1 heterocycles. The molecule has 29 heavy (non-hydrogen) atoms. The lowest BCUT2D eigenvalue weighted by atomic mass is 10.0. The van der Waals surface area contributed by atoms with Gasteiger partial charge in [-0.15, -0.1) is 24.0 Å². The summed E-state index contributed by atoms with van der Waals surface area (Å²) in [5.41, 5.74) is 1.10. The van der Waals surface area contributed by atoms with Gasteiger partial charge in [-0.25, -0.2) is 0 Å². The molecule has 0 bridgehead atoms. The number of nitrogens with one attached hydrogen (secondary N) is 2. The summed E-state index contributed by atoms with van der Waals surface area (Å²) >= 11 is 12.2. The van der Waals surface area contributed by atoms with Crippen LogP contribution in [0.25, 0.3) is 0 Å². The molecule has 8 heteroatoms. The van der Waals surface area contributed by atoms with Crippen LogP contribution >= 0.6 is 47.2 Å². The number of carbonyl (C=O) groups excluding carboxylic acids is 1. The zero-order valence-corrected chi connectivity index (χ0v) is 21.4. The van der Waals surface area contributed by atoms with Crippen molar-refractivity contribution in [2.24, 2.45) is 10.9 Å². The monoisotopic (exact) mass is 554 g/mol. The van der Waals surface area contributed by atoms with Crippen molar-refractivity contribution in [2.45, 2.75) is 52.5 Å². The first-order chi connectivity index (χ1) is 13.4. The van der Waals surface area contributed by atoms with Crippen molar-refractivity contribution < 1.29 is 4.79 Å². The third-order valence-corrected chi connectivity index (χ3v) is 5.46. The van der Waals surface area contributed by atoms with Gasteiger partial charge in [0.15, 0.2) is 5.96 Å². The normalized spacial score (nSPS) is 15.2. The molecule has 1 aliphatic rings. The van der Waals surface area contributed by atoms with Gasteiger partial charge in [-0.2, -0.15) is 0 Å². The molecular weight excluding hydrogens is 522 g/mol. The van der Waals surface area contributed by atoms with E-state index < -0.39 is 0 Å². The average Bonchev–Trinajstić information content (AvgIpc) is 2.66. The Bertz CT molecular complexity index is 677. The molecule has 2 rings (SSSR count). The van der Waals surface area contributed by atoms with Crippen LogP contribution < -0.4 is 10.6 Å². The Morgan fingerprint density at radius 3 is 2.55 bits per heavy atom. The third kappa shape index (κ3) is 8.89. The molecular formula is C21H33Cl2IN4O. The Morgan fingerprint density at radius 2 is 1.97 bits per heavy atom. The number of nitrogens with zero attached hydrogens (tertiary/aromatic N) is 2. The zero-order valence-electron chi connectivity index (χ0n) is 17.5. The molecule has 1 amide bonds. The predicted octanol–water partition coefficient (Wildman–Crippen LogP) is 4.75. The van der Waals surface area contributed by atoms with Crippen molar-refractivity contribution in [3.63, 3.8) is 0 Å². The number of amides is 1. The molecule has 1 saturated heterocycles. The Balaban J connectivity index is 0.00000420. The van der Waals surface area contributed by atoms with Crippen LogP contribution in [0.3, 0.4) is 0 Å². The molecule has 1 aromatic carbocycles. The molecule has 0 aromatic heterocycles. The standard InChI is InChI=1S/C21H32Cl2N4O.HI/c1-4-24-21(25-11-5-6-16-7-8-17(22)14-19(16)23)26-18-9-12-27(13-10-18)20(28)15(2)3;/h7-8,14-15,18H,4-6,9-13H2,1-3H3,(H2,24,25,26);1H. The first kappa shape index (κ1) is 26.3. The van der Waals surface area contributed by atoms with E-state index in [1.807, 2.05) is 30.9 Å². The number of piperidine rings is 1. The fraction of sp³-hybridized carbons (Fsp3) is 0.619. The Labute approximate surface area is 202 Å². The van der Waals surface area contributed by atoms with Gasteiger partial charge in [0.05, 0.1) is 0 Å². The van der Waals surface area contributed by atoms with E-state index in [9.17, 15) is 4.79 Å². The number of guanidine groups is 1. The molecule has 0 radical (unpaired) electrons. The topological polar surface area (TPSA) is 56.7 Å². The molecule has 0 aliphatic carbocycles. The Hall–Kier alpha value is -0.730. The van der Waals surface area contributed by atoms with Gasteiger partial charge in [-0.3, -0.25) is 9.79 Å². The molecule has 0 atom stereocenters. The summed E-state index contributed by atoms with van der Waals surface area (Å²) in [5.74, 6) is 1.16. The fourth-order valence-corrected chi connectivity index (χ4v) is 3.81. The first-order valence-corrected chi connectivity index (χ1v) is 10.9. The van der Waals surface area contributed by atoms with Crippen LogP contribution in [0.15, 0.2) is 23.2 Å². The second-order valence-electron chi connectivity index (χ2n) is 7.50. The lowest BCUT2D eigenvalue weighted by Gasteiger charge is -2.34. The van der Waals surface area contributed by atoms with Gasteiger partial charge >= 0.3 is 0 Å². The number of rotatable bonds is 7. The summed E-state index contributed by atoms with van der Waals surface area (Å²) in [4.78, 5) is 18.8. The lowest BCUT2D eigenvalue weighted by molar-refractivity contribution is -0.135. The van der Waals surface area contributed by atoms with Crippen molar-refractivity contribution >= 4 is 59.0 Å². The van der Waals surface area contributed by atoms with Gasteiger partial charge in [-0.1, -0.05) is 43.1 Å². The minimum absolute atomic E-state index is 0. The van der Waals surface area contributed by atoms with Crippen LogP contribution in [-0.4, -0.2) is 49.0 Å². The van der Waals surface area contributed by atoms with E-state index in [-0.39, 0.29) is 35.8 Å². The highest BCUT2D eigenvalue weighted by atomic mass is 127. The summed E-state index contributed by atoms with van der Waals surface area (Å²) < 4.78 is 0. The SMILES string of the molecule is CCNC(=NCCCc1ccc(Cl)cc1Cl)NC1CCN(C(=O)C(C)C)CC1.I. The number of carbonyl (C=O) groups is 1. The Morgan fingerprint density at radius 1 is 1.28 bits per heavy atom. The van der Waals surface area contributed by atoms with Gasteiger partial charge in [0, 0.05) is 48.2 Å². The minimum atomic E-state index is 0. The first-order valence-electron chi connectivity index (χ1n) is 10.2. The molecule has 0 saturated carbocycles. The van der Waals surface area contributed by atoms with E-state index in [1.54, 1.807) is 6.07 Å². The predicted molar refractivity (Wildman–Crippen MR) is 134 cm³/mol. The van der Waals surface area contributed by atoms with Crippen molar-refractivity contribution in [1.29, 1.82) is 0 Å². The van der Waals surface area contributed by atoms with E-state index in [2.05, 4.69) is 17.6 Å². The molecule has 0 spiro atoms. The maximum Gasteiger partial charge on any atom is 0.225 e. The van der Waals surface area contributed by atoms with E-state index in [0.29, 0.717) is 16.1 Å². The number of hydrogen-bond donors (Lipinski definition) is 2. The number of likely N-dealkylation sites (tertiary alicyclic amines) is 1. The molecule has 1 fully saturated rings. The number of halogens is 3. The van der Waals surface area contributed by atoms with Crippen LogP contribution in [0, 0.1) is 5.92 Å². The largest absolute Gasteiger partial charge is 0.357 e. The number of aryl methyl sites for hydroxylation is 1. The molecule has 1 aromatic rings. The van der Waals surface area contributed by atoms with Crippen LogP contribution in [-0.2, 0) is 11.2 Å². The van der Waals surface area contributed by atoms with Crippen LogP contribution in [0.5, 0.6) is 0 Å². The van der Waals surface area contributed by atoms with Crippen molar-refractivity contribution in [3.05, 3.63) is 33.8 Å². The van der Waals surface area contributed by atoms with Gasteiger partial charge in [-0.05, 0) is 50.3 Å². The molecule has 164 valence electrons. The quantitative estimate of drug-likeness (QED) is 0.221. The van der Waals surface area contributed by atoms with Crippen LogP contribution in [0.4, 0.5) is 0 Å². The molecule has 1 aliphatic heterocycles. The smallest absolute Gasteiger partial charge is 0.225 e. The van der Waals surface area contributed by atoms with Crippen LogP contribution in [0.1, 0.15) is 45.6 Å². The number of aliphatic imine (C=N–C) groups is 1. The Kier molecular flexibility index (Phi) is 12.3. The van der Waals surface area contributed by atoms with E-state index in [1.165, 1.54) is 0 Å². The van der Waals surface area contributed by atoms with Gasteiger partial charge in [0.25, 0.3) is 0 Å². The highest BCUT2D eigenvalue weighted by Gasteiger charge is 2.24. The summed E-state index contributed by atoms with van der Waals surface area (Å²) in [5, 5.41) is 8.21. The molecule has 2 N–H and O–H groups in total. The third-order valence-electron chi connectivity index (χ3n) is 4.87. The van der Waals surface area contributed by atoms with Crippen LogP contribution in [0.2, 0.25) is 10.0 Å². The summed E-state index contributed by atoms with van der Waals surface area (Å²) in [6.45, 7) is 9.14. The summed E-state index contributed by atoms with van der Waals surface area (Å²) in [6, 6.07) is 5.97. The van der Waals surface area contributed by atoms with E-state index in [4.69, 9.17) is 28.2 Å². The zero-order chi connectivity index (χ0) is 20.5. The van der Waals surface area contributed by atoms with Gasteiger partial charge in [0.1, 0.15) is 0 Å². The van der Waals surface area contributed by atoms with Gasteiger partial charge < -0.3 is 15.5 Å². The van der Waals surface area contributed by atoms with Crippen molar-refractivity contribution in [3.8, 4) is 0 Å². The minimum Gasteiger partial charge on any atom is -0.357 e. The van der Waals surface area contributed by atoms with E-state index >= 15 is 0 Å². The van der Waals surface area contributed by atoms with Gasteiger partial charge in [0.2, 0.25) is 5.91 Å². The molecule has 0 unspecified atom stereocenters. The fourth-order valence-electron chi connectivity index (χ4n) is 3.31. The summed E-state index contributed by atoms with van der Waals surface area (Å²) in [6.07, 6.45) is 3.68. The maximum absolute atomic E-state index is 12.1. The van der Waals surface area contributed by atoms with E-state index in [0.717, 1.165) is 63.4 Å². The highest BCUT2D eigenvalue weighted by Crippen LogP contribution is 2.22. The molecule has 5 nitrogen and oxygen atoms in total. The average molecular weight is 555 g/mol. The number of hydrogen-bond acceptors (Lipinski definition) is 2. The highest BCUT2D eigenvalue weighted by molar-refractivity contribution is 14.0. The second kappa shape index (κ2) is 13.5. The van der Waals surface area contributed by atoms with Crippen molar-refractivity contribution in [1.82, 2.24) is 15.5 Å². The van der Waals surface area contributed by atoms with Crippen molar-refractivity contribution in [2.75, 3.05) is 26.2 Å². The lowest BCUT2D eigenvalue weighted by Crippen LogP contribution is -2.50.